The zero-order chi connectivity index (χ0) is 15.1. The summed E-state index contributed by atoms with van der Waals surface area (Å²) in [7, 11) is 4.08. The second kappa shape index (κ2) is 9.01. The van der Waals surface area contributed by atoms with Gasteiger partial charge in [0.05, 0.1) is 6.61 Å². The molecular formula is C17H36N2O. The predicted octanol–water partition coefficient (Wildman–Crippen LogP) is 3.15. The predicted molar refractivity (Wildman–Crippen MR) is 87.1 cm³/mol. The topological polar surface area (TPSA) is 24.5 Å². The first-order chi connectivity index (χ1) is 9.51. The van der Waals surface area contributed by atoms with E-state index in [2.05, 4.69) is 45.0 Å². The van der Waals surface area contributed by atoms with Crippen molar-refractivity contribution in [3.05, 3.63) is 0 Å². The minimum atomic E-state index is 0.488. The SMILES string of the molecule is CCCNC1CCC(C(C)C)CC1N(C)C(C)COC. The van der Waals surface area contributed by atoms with Crippen LogP contribution in [0.2, 0.25) is 0 Å². The van der Waals surface area contributed by atoms with E-state index in [1.54, 1.807) is 7.11 Å². The lowest BCUT2D eigenvalue weighted by atomic mass is 9.76. The first-order valence-corrected chi connectivity index (χ1v) is 8.45. The maximum absolute atomic E-state index is 5.34. The van der Waals surface area contributed by atoms with Gasteiger partial charge in [-0.25, -0.2) is 0 Å². The molecule has 0 bridgehead atoms. The average Bonchev–Trinajstić information content (AvgIpc) is 2.44. The van der Waals surface area contributed by atoms with Crippen LogP contribution in [0.5, 0.6) is 0 Å². The van der Waals surface area contributed by atoms with Crippen LogP contribution in [0.25, 0.3) is 0 Å². The van der Waals surface area contributed by atoms with Crippen molar-refractivity contribution >= 4 is 0 Å². The van der Waals surface area contributed by atoms with E-state index in [9.17, 15) is 0 Å². The molecule has 4 atom stereocenters. The molecule has 0 heterocycles. The van der Waals surface area contributed by atoms with Crippen molar-refractivity contribution < 1.29 is 4.74 Å². The Kier molecular flexibility index (Phi) is 8.08. The number of ether oxygens (including phenoxy) is 1. The van der Waals surface area contributed by atoms with Crippen LogP contribution in [0.3, 0.4) is 0 Å². The first kappa shape index (κ1) is 17.9. The van der Waals surface area contributed by atoms with E-state index in [0.29, 0.717) is 18.1 Å². The molecule has 0 radical (unpaired) electrons. The molecule has 3 heteroatoms. The normalized spacial score (nSPS) is 29.1. The lowest BCUT2D eigenvalue weighted by molar-refractivity contribution is 0.0417. The highest BCUT2D eigenvalue weighted by molar-refractivity contribution is 4.92. The molecule has 1 aliphatic carbocycles. The van der Waals surface area contributed by atoms with Gasteiger partial charge in [0, 0.05) is 25.2 Å². The highest BCUT2D eigenvalue weighted by atomic mass is 16.5. The monoisotopic (exact) mass is 284 g/mol. The zero-order valence-corrected chi connectivity index (χ0v) is 14.5. The Bertz CT molecular complexity index is 255. The van der Waals surface area contributed by atoms with Gasteiger partial charge in [0.15, 0.2) is 0 Å². The molecule has 0 saturated heterocycles. The van der Waals surface area contributed by atoms with Crippen LogP contribution in [0, 0.1) is 11.8 Å². The fourth-order valence-electron chi connectivity index (χ4n) is 3.49. The number of hydrogen-bond donors (Lipinski definition) is 1. The standard InChI is InChI=1S/C17H36N2O/c1-7-10-18-16-9-8-15(13(2)3)11-17(16)19(5)14(4)12-20-6/h13-18H,7-12H2,1-6H3. The lowest BCUT2D eigenvalue weighted by Gasteiger charge is -2.45. The molecule has 0 aromatic carbocycles. The number of hydrogen-bond acceptors (Lipinski definition) is 3. The van der Waals surface area contributed by atoms with Gasteiger partial charge in [0.1, 0.15) is 0 Å². The Balaban J connectivity index is 2.69. The number of likely N-dealkylation sites (N-methyl/N-ethyl adjacent to an activating group) is 1. The maximum Gasteiger partial charge on any atom is 0.0615 e. The fourth-order valence-corrected chi connectivity index (χ4v) is 3.49. The first-order valence-electron chi connectivity index (χ1n) is 8.45. The number of nitrogens with one attached hydrogen (secondary N) is 1. The van der Waals surface area contributed by atoms with E-state index < -0.39 is 0 Å². The molecule has 0 aromatic heterocycles. The van der Waals surface area contributed by atoms with Crippen LogP contribution in [0.15, 0.2) is 0 Å². The average molecular weight is 284 g/mol. The van der Waals surface area contributed by atoms with Gasteiger partial charge in [0.2, 0.25) is 0 Å². The summed E-state index contributed by atoms with van der Waals surface area (Å²) in [4.78, 5) is 2.55. The molecule has 3 nitrogen and oxygen atoms in total. The van der Waals surface area contributed by atoms with Crippen molar-refractivity contribution in [3.63, 3.8) is 0 Å². The molecule has 1 N–H and O–H groups in total. The van der Waals surface area contributed by atoms with E-state index in [-0.39, 0.29) is 0 Å². The summed E-state index contributed by atoms with van der Waals surface area (Å²) in [5.74, 6) is 1.67. The molecule has 1 rings (SSSR count). The van der Waals surface area contributed by atoms with E-state index >= 15 is 0 Å². The molecule has 1 fully saturated rings. The summed E-state index contributed by atoms with van der Waals surface area (Å²) in [6.07, 6.45) is 5.23. The summed E-state index contributed by atoms with van der Waals surface area (Å²) in [5.41, 5.74) is 0. The van der Waals surface area contributed by atoms with Crippen molar-refractivity contribution in [1.29, 1.82) is 0 Å². The van der Waals surface area contributed by atoms with Crippen LogP contribution >= 0.6 is 0 Å². The van der Waals surface area contributed by atoms with Gasteiger partial charge in [-0.1, -0.05) is 20.8 Å². The summed E-state index contributed by atoms with van der Waals surface area (Å²) in [5, 5.41) is 3.78. The van der Waals surface area contributed by atoms with Crippen LogP contribution in [0.1, 0.15) is 53.4 Å². The van der Waals surface area contributed by atoms with E-state index in [1.165, 1.54) is 25.7 Å². The molecule has 1 saturated carbocycles. The third-order valence-corrected chi connectivity index (χ3v) is 5.08. The molecule has 0 amide bonds. The quantitative estimate of drug-likeness (QED) is 0.741. The van der Waals surface area contributed by atoms with Gasteiger partial charge in [-0.05, 0) is 58.0 Å². The molecule has 4 unspecified atom stereocenters. The molecule has 120 valence electrons. The number of rotatable bonds is 8. The summed E-state index contributed by atoms with van der Waals surface area (Å²) in [6.45, 7) is 11.2. The summed E-state index contributed by atoms with van der Waals surface area (Å²) >= 11 is 0. The van der Waals surface area contributed by atoms with Gasteiger partial charge in [0.25, 0.3) is 0 Å². The van der Waals surface area contributed by atoms with Crippen molar-refractivity contribution in [2.24, 2.45) is 11.8 Å². The van der Waals surface area contributed by atoms with Crippen molar-refractivity contribution in [3.8, 4) is 0 Å². The molecule has 0 spiro atoms. The molecule has 0 aliphatic heterocycles. The highest BCUT2D eigenvalue weighted by Gasteiger charge is 2.35. The van der Waals surface area contributed by atoms with E-state index in [0.717, 1.165) is 25.0 Å². The summed E-state index contributed by atoms with van der Waals surface area (Å²) in [6, 6.07) is 1.78. The van der Waals surface area contributed by atoms with Gasteiger partial charge < -0.3 is 10.1 Å². The Morgan fingerprint density at radius 3 is 2.50 bits per heavy atom. The van der Waals surface area contributed by atoms with Crippen molar-refractivity contribution in [2.75, 3.05) is 27.3 Å². The van der Waals surface area contributed by atoms with Gasteiger partial charge in [-0.2, -0.15) is 0 Å². The molecule has 0 aromatic rings. The Labute approximate surface area is 126 Å². The third-order valence-electron chi connectivity index (χ3n) is 5.08. The highest BCUT2D eigenvalue weighted by Crippen LogP contribution is 2.33. The smallest absolute Gasteiger partial charge is 0.0615 e. The molecule has 20 heavy (non-hydrogen) atoms. The van der Waals surface area contributed by atoms with Crippen LogP contribution in [-0.4, -0.2) is 50.3 Å². The minimum Gasteiger partial charge on any atom is -0.383 e. The van der Waals surface area contributed by atoms with Crippen LogP contribution in [0.4, 0.5) is 0 Å². The van der Waals surface area contributed by atoms with Crippen molar-refractivity contribution in [2.45, 2.75) is 71.5 Å². The number of nitrogens with zero attached hydrogens (tertiary/aromatic N) is 1. The third kappa shape index (κ3) is 5.01. The van der Waals surface area contributed by atoms with Gasteiger partial charge in [-0.3, -0.25) is 4.90 Å². The Morgan fingerprint density at radius 1 is 1.25 bits per heavy atom. The zero-order valence-electron chi connectivity index (χ0n) is 14.5. The Hall–Kier alpha value is -0.120. The lowest BCUT2D eigenvalue weighted by Crippen LogP contribution is -2.55. The van der Waals surface area contributed by atoms with E-state index in [1.807, 2.05) is 0 Å². The van der Waals surface area contributed by atoms with Crippen molar-refractivity contribution in [1.82, 2.24) is 10.2 Å². The number of methoxy groups -OCH3 is 1. The van der Waals surface area contributed by atoms with Crippen LogP contribution < -0.4 is 5.32 Å². The largest absolute Gasteiger partial charge is 0.383 e. The maximum atomic E-state index is 5.34. The Morgan fingerprint density at radius 2 is 1.95 bits per heavy atom. The van der Waals surface area contributed by atoms with E-state index in [4.69, 9.17) is 4.74 Å². The van der Waals surface area contributed by atoms with Gasteiger partial charge in [-0.15, -0.1) is 0 Å². The second-order valence-electron chi connectivity index (χ2n) is 6.91. The second-order valence-corrected chi connectivity index (χ2v) is 6.91. The van der Waals surface area contributed by atoms with Gasteiger partial charge >= 0.3 is 0 Å². The molecular weight excluding hydrogens is 248 g/mol. The minimum absolute atomic E-state index is 0.488. The fraction of sp³-hybridized carbons (Fsp3) is 1.00. The molecule has 1 aliphatic rings. The van der Waals surface area contributed by atoms with Crippen LogP contribution in [-0.2, 0) is 4.74 Å². The summed E-state index contributed by atoms with van der Waals surface area (Å²) < 4.78 is 5.34.